The summed E-state index contributed by atoms with van der Waals surface area (Å²) < 4.78 is 0. The zero-order chi connectivity index (χ0) is 5.54. The van der Waals surface area contributed by atoms with Crippen LogP contribution in [0.2, 0.25) is 0 Å². The van der Waals surface area contributed by atoms with Gasteiger partial charge >= 0.3 is 0 Å². The van der Waals surface area contributed by atoms with Crippen LogP contribution in [0.25, 0.3) is 0 Å². The maximum Gasteiger partial charge on any atom is 0.0668 e. The molecule has 0 aliphatic rings. The van der Waals surface area contributed by atoms with Crippen LogP contribution in [0.4, 0.5) is 0 Å². The lowest BCUT2D eigenvalue weighted by Crippen LogP contribution is -1.60. The van der Waals surface area contributed by atoms with Crippen molar-refractivity contribution in [1.82, 2.24) is 0 Å². The van der Waals surface area contributed by atoms with Crippen molar-refractivity contribution in [2.24, 2.45) is 0 Å². The van der Waals surface area contributed by atoms with E-state index in [4.69, 9.17) is 6.42 Å². The highest BCUT2D eigenvalue weighted by Crippen LogP contribution is 1.91. The summed E-state index contributed by atoms with van der Waals surface area (Å²) in [6, 6.07) is 0. The minimum atomic E-state index is 0.695. The number of thioether (sulfide) groups is 1. The van der Waals surface area contributed by atoms with Gasteiger partial charge in [-0.2, -0.15) is 0 Å². The van der Waals surface area contributed by atoms with E-state index in [0.717, 1.165) is 0 Å². The summed E-state index contributed by atoms with van der Waals surface area (Å²) in [5.74, 6) is 5.88. The number of rotatable bonds is 1. The van der Waals surface area contributed by atoms with E-state index in [1.165, 1.54) is 11.8 Å². The average molecular weight is 110 g/mol. The fourth-order valence-corrected chi connectivity index (χ4v) is 0.450. The van der Waals surface area contributed by atoms with Crippen LogP contribution in [0.1, 0.15) is 6.92 Å². The zero-order valence-corrected chi connectivity index (χ0v) is 5.01. The van der Waals surface area contributed by atoms with Crippen molar-refractivity contribution in [3.8, 4) is 23.5 Å². The summed E-state index contributed by atoms with van der Waals surface area (Å²) in [7, 11) is 0. The van der Waals surface area contributed by atoms with Crippen molar-refractivity contribution in [2.45, 2.75) is 6.92 Å². The molecule has 0 aliphatic heterocycles. The van der Waals surface area contributed by atoms with Gasteiger partial charge in [0.25, 0.3) is 0 Å². The highest BCUT2D eigenvalue weighted by molar-refractivity contribution is 8.04. The molecule has 0 rings (SSSR count). The van der Waals surface area contributed by atoms with Crippen LogP contribution >= 0.6 is 11.8 Å². The van der Waals surface area contributed by atoms with Crippen LogP contribution < -0.4 is 0 Å². The van der Waals surface area contributed by atoms with E-state index in [1.54, 1.807) is 6.92 Å². The first kappa shape index (κ1) is 6.47. The highest BCUT2D eigenvalue weighted by atomic mass is 32.2. The van der Waals surface area contributed by atoms with Crippen LogP contribution in [0.15, 0.2) is 0 Å². The molecule has 0 N–H and O–H groups in total. The molecule has 0 amide bonds. The molecule has 0 spiro atoms. The van der Waals surface area contributed by atoms with Crippen LogP contribution in [0.5, 0.6) is 0 Å². The maximum atomic E-state index is 4.93. The first-order valence-electron chi connectivity index (χ1n) is 1.89. The molecule has 0 radical (unpaired) electrons. The fraction of sp³-hybridized carbons (Fsp3) is 0.333. The summed E-state index contributed by atoms with van der Waals surface area (Å²) >= 11 is 1.46. The highest BCUT2D eigenvalue weighted by Gasteiger charge is 1.67. The zero-order valence-electron chi connectivity index (χ0n) is 4.19. The van der Waals surface area contributed by atoms with Gasteiger partial charge in [-0.25, -0.2) is 0 Å². The van der Waals surface area contributed by atoms with Gasteiger partial charge in [-0.15, -0.1) is 6.42 Å². The maximum absolute atomic E-state index is 4.93. The van der Waals surface area contributed by atoms with Crippen molar-refractivity contribution in [3.63, 3.8) is 0 Å². The molecule has 36 valence electrons. The van der Waals surface area contributed by atoms with Gasteiger partial charge in [-0.05, 0) is 12.2 Å². The third-order valence-electron chi connectivity index (χ3n) is 0.330. The third kappa shape index (κ3) is 5.47. The normalized spacial score (nSPS) is 5.71. The molecule has 0 aromatic heterocycles. The Hall–Kier alpha value is -0.530. The van der Waals surface area contributed by atoms with Gasteiger partial charge in [-0.3, -0.25) is 0 Å². The molecule has 0 saturated carbocycles. The Morgan fingerprint density at radius 1 is 1.71 bits per heavy atom. The van der Waals surface area contributed by atoms with Crippen molar-refractivity contribution in [2.75, 3.05) is 5.75 Å². The molecule has 0 fully saturated rings. The number of hydrogen-bond donors (Lipinski definition) is 0. The van der Waals surface area contributed by atoms with Crippen molar-refractivity contribution in [3.05, 3.63) is 0 Å². The standard InChI is InChI=1S/C6H6S/c1-3-5-7-6-4-2/h1H,5H2,2H3. The Morgan fingerprint density at radius 2 is 2.43 bits per heavy atom. The van der Waals surface area contributed by atoms with Gasteiger partial charge < -0.3 is 0 Å². The van der Waals surface area contributed by atoms with E-state index in [-0.39, 0.29) is 0 Å². The molecule has 0 bridgehead atoms. The Morgan fingerprint density at radius 3 is 2.86 bits per heavy atom. The van der Waals surface area contributed by atoms with Crippen molar-refractivity contribution >= 4 is 11.8 Å². The molecular weight excluding hydrogens is 104 g/mol. The predicted octanol–water partition coefficient (Wildman–Crippen LogP) is 1.33. The van der Waals surface area contributed by atoms with Crippen LogP contribution in [-0.4, -0.2) is 5.75 Å². The molecule has 1 heteroatoms. The second-order valence-electron chi connectivity index (χ2n) is 0.845. The molecule has 0 aromatic carbocycles. The minimum Gasteiger partial charge on any atom is -0.119 e. The van der Waals surface area contributed by atoms with Gasteiger partial charge in [0.1, 0.15) is 0 Å². The molecule has 0 nitrogen and oxygen atoms in total. The summed E-state index contributed by atoms with van der Waals surface area (Å²) in [5.41, 5.74) is 0. The van der Waals surface area contributed by atoms with Gasteiger partial charge in [0.15, 0.2) is 0 Å². The fourth-order valence-electron chi connectivity index (χ4n) is 0.150. The van der Waals surface area contributed by atoms with E-state index in [2.05, 4.69) is 17.1 Å². The van der Waals surface area contributed by atoms with Gasteiger partial charge in [-0.1, -0.05) is 23.6 Å². The largest absolute Gasteiger partial charge is 0.119 e. The van der Waals surface area contributed by atoms with Gasteiger partial charge in [0.2, 0.25) is 0 Å². The Kier molecular flexibility index (Phi) is 5.06. The lowest BCUT2D eigenvalue weighted by atomic mass is 10.8. The van der Waals surface area contributed by atoms with Crippen LogP contribution in [0.3, 0.4) is 0 Å². The summed E-state index contributed by atoms with van der Waals surface area (Å²) in [5, 5.41) is 2.77. The molecule has 0 aromatic rings. The van der Waals surface area contributed by atoms with Gasteiger partial charge in [0.05, 0.1) is 5.75 Å². The molecule has 0 heterocycles. The quantitative estimate of drug-likeness (QED) is 0.362. The summed E-state index contributed by atoms with van der Waals surface area (Å²) in [6.45, 7) is 1.80. The van der Waals surface area contributed by atoms with Crippen molar-refractivity contribution < 1.29 is 0 Å². The molecule has 0 saturated heterocycles. The van der Waals surface area contributed by atoms with E-state index in [1.807, 2.05) is 0 Å². The minimum absolute atomic E-state index is 0.695. The topological polar surface area (TPSA) is 0 Å². The second-order valence-corrected chi connectivity index (χ2v) is 1.63. The lowest BCUT2D eigenvalue weighted by Gasteiger charge is -1.72. The van der Waals surface area contributed by atoms with E-state index in [9.17, 15) is 0 Å². The second kappa shape index (κ2) is 5.47. The monoisotopic (exact) mass is 110 g/mol. The smallest absolute Gasteiger partial charge is 0.0668 e. The third-order valence-corrected chi connectivity index (χ3v) is 0.989. The first-order chi connectivity index (χ1) is 3.41. The SMILES string of the molecule is C#CCSC#CC. The molecule has 0 aliphatic carbocycles. The first-order valence-corrected chi connectivity index (χ1v) is 2.87. The number of terminal acetylenes is 1. The van der Waals surface area contributed by atoms with Crippen molar-refractivity contribution in [1.29, 1.82) is 0 Å². The average Bonchev–Trinajstić information content (AvgIpc) is 1.69. The van der Waals surface area contributed by atoms with E-state index in [0.29, 0.717) is 5.75 Å². The van der Waals surface area contributed by atoms with Crippen LogP contribution in [0, 0.1) is 23.5 Å². The van der Waals surface area contributed by atoms with E-state index >= 15 is 0 Å². The molecule has 0 atom stereocenters. The summed E-state index contributed by atoms with van der Waals surface area (Å²) in [4.78, 5) is 0. The Bertz CT molecular complexity index is 119. The Balaban J connectivity index is 2.98. The Labute approximate surface area is 48.7 Å². The number of hydrogen-bond acceptors (Lipinski definition) is 1. The van der Waals surface area contributed by atoms with Gasteiger partial charge in [0, 0.05) is 0 Å². The predicted molar refractivity (Wildman–Crippen MR) is 34.7 cm³/mol. The van der Waals surface area contributed by atoms with Crippen LogP contribution in [-0.2, 0) is 0 Å². The molecule has 7 heavy (non-hydrogen) atoms. The molecule has 0 unspecified atom stereocenters. The van der Waals surface area contributed by atoms with E-state index < -0.39 is 0 Å². The summed E-state index contributed by atoms with van der Waals surface area (Å²) in [6.07, 6.45) is 4.93. The molecular formula is C6H6S. The lowest BCUT2D eigenvalue weighted by molar-refractivity contribution is 1.93.